The number of imidazole rings is 1. The van der Waals surface area contributed by atoms with E-state index in [0.717, 1.165) is 0 Å². The van der Waals surface area contributed by atoms with E-state index >= 15 is 0 Å². The summed E-state index contributed by atoms with van der Waals surface area (Å²) in [5.74, 6) is -0.835. The molecule has 0 saturated carbocycles. The predicted molar refractivity (Wildman–Crippen MR) is 178 cm³/mol. The number of aromatic nitrogens is 4. The van der Waals surface area contributed by atoms with Gasteiger partial charge in [-0.2, -0.15) is 0 Å². The maximum absolute atomic E-state index is 13.6. The second-order valence-electron chi connectivity index (χ2n) is 12.3. The van der Waals surface area contributed by atoms with Gasteiger partial charge in [0, 0.05) is 41.9 Å². The number of phosphoric ester groups is 1. The largest absolute Gasteiger partial charge is 0.508 e. The molecule has 3 aromatic carbocycles. The van der Waals surface area contributed by atoms with E-state index in [4.69, 9.17) is 24.0 Å². The third kappa shape index (κ3) is 5.80. The number of fused-ring (bicyclic) bond motifs is 7. The molecule has 5 heterocycles. The first-order valence-corrected chi connectivity index (χ1v) is 17.5. The normalized spacial score (nSPS) is 21.1. The van der Waals surface area contributed by atoms with Gasteiger partial charge in [0.15, 0.2) is 28.8 Å². The molecular weight excluding hydrogens is 719 g/mol. The van der Waals surface area contributed by atoms with Crippen LogP contribution in [0.1, 0.15) is 43.6 Å². The SMILES string of the molecule is O=C(NCCNc1ncnc2c1ncn2[C@@H]1O[C@H](COP(=O)(O)O)[C@@H](O)[C@H]1O)c1cccc2c1C(=O)OC21c2ccc(O)cc2Oc2cc(O)ccc21. The maximum atomic E-state index is 13.6. The van der Waals surface area contributed by atoms with E-state index < -0.39 is 56.4 Å². The van der Waals surface area contributed by atoms with Crippen molar-refractivity contribution in [3.8, 4) is 23.0 Å². The van der Waals surface area contributed by atoms with Gasteiger partial charge in [-0.15, -0.1) is 0 Å². The van der Waals surface area contributed by atoms with Gasteiger partial charge in [-0.05, 0) is 30.3 Å². The van der Waals surface area contributed by atoms with Crippen LogP contribution in [0.3, 0.4) is 0 Å². The Bertz CT molecular complexity index is 2300. The summed E-state index contributed by atoms with van der Waals surface area (Å²) in [6, 6.07) is 13.5. The van der Waals surface area contributed by atoms with Gasteiger partial charge < -0.3 is 55.1 Å². The zero-order chi connectivity index (χ0) is 37.2. The Labute approximate surface area is 297 Å². The first-order valence-electron chi connectivity index (χ1n) is 16.0. The van der Waals surface area contributed by atoms with Gasteiger partial charge in [0.05, 0.1) is 24.1 Å². The average molecular weight is 749 g/mol. The molecule has 1 saturated heterocycles. The van der Waals surface area contributed by atoms with Crippen molar-refractivity contribution < 1.29 is 63.1 Å². The number of phenolic OH excluding ortho intramolecular Hbond substituents is 2. The summed E-state index contributed by atoms with van der Waals surface area (Å²) >= 11 is 0. The molecule has 0 radical (unpaired) electrons. The number of ether oxygens (including phenoxy) is 3. The molecule has 0 bridgehead atoms. The molecule has 0 unspecified atom stereocenters. The summed E-state index contributed by atoms with van der Waals surface area (Å²) in [5.41, 5.74) is 0.226. The van der Waals surface area contributed by atoms with E-state index in [0.29, 0.717) is 16.7 Å². The fourth-order valence-electron chi connectivity index (χ4n) is 6.82. The van der Waals surface area contributed by atoms with E-state index in [-0.39, 0.29) is 64.2 Å². The molecule has 8 rings (SSSR count). The average Bonchev–Trinajstić information content (AvgIpc) is 3.77. The lowest BCUT2D eigenvalue weighted by atomic mass is 9.77. The van der Waals surface area contributed by atoms with Crippen molar-refractivity contribution in [3.05, 3.63) is 95.1 Å². The molecule has 2 aromatic heterocycles. The fraction of sp³-hybridized carbons (Fsp3) is 0.242. The van der Waals surface area contributed by atoms with Gasteiger partial charge in [-0.1, -0.05) is 12.1 Å². The maximum Gasteiger partial charge on any atom is 0.469 e. The Kier molecular flexibility index (Phi) is 8.30. The second-order valence-corrected chi connectivity index (χ2v) is 13.6. The Morgan fingerprint density at radius 3 is 2.36 bits per heavy atom. The van der Waals surface area contributed by atoms with Crippen LogP contribution in [-0.4, -0.2) is 99.6 Å². The quantitative estimate of drug-likeness (QED) is 0.0600. The summed E-state index contributed by atoms with van der Waals surface area (Å²) in [6.07, 6.45) is -3.00. The van der Waals surface area contributed by atoms with E-state index in [1.165, 1.54) is 47.6 Å². The van der Waals surface area contributed by atoms with Crippen LogP contribution in [0.5, 0.6) is 23.0 Å². The number of aliphatic hydroxyl groups excluding tert-OH is 2. The Morgan fingerprint density at radius 2 is 1.66 bits per heavy atom. The number of amides is 1. The van der Waals surface area contributed by atoms with E-state index in [9.17, 15) is 34.6 Å². The highest BCUT2D eigenvalue weighted by molar-refractivity contribution is 7.46. The number of anilines is 1. The van der Waals surface area contributed by atoms with Gasteiger partial charge in [0.25, 0.3) is 5.91 Å². The van der Waals surface area contributed by atoms with Gasteiger partial charge in [-0.25, -0.2) is 24.3 Å². The number of rotatable bonds is 9. The van der Waals surface area contributed by atoms with Crippen LogP contribution in [0.4, 0.5) is 5.82 Å². The summed E-state index contributed by atoms with van der Waals surface area (Å²) in [6.45, 7) is -0.478. The zero-order valence-electron chi connectivity index (χ0n) is 27.1. The molecule has 1 fully saturated rings. The smallest absolute Gasteiger partial charge is 0.469 e. The third-order valence-electron chi connectivity index (χ3n) is 9.13. The third-order valence-corrected chi connectivity index (χ3v) is 9.61. The van der Waals surface area contributed by atoms with Crippen molar-refractivity contribution in [2.75, 3.05) is 25.0 Å². The number of nitrogens with one attached hydrogen (secondary N) is 2. The highest BCUT2D eigenvalue weighted by Crippen LogP contribution is 2.57. The molecular formula is C33H29N6O13P. The minimum atomic E-state index is -4.85. The molecule has 274 valence electrons. The van der Waals surface area contributed by atoms with Crippen LogP contribution in [0.15, 0.2) is 67.3 Å². The molecule has 1 spiro atoms. The Morgan fingerprint density at radius 1 is 0.943 bits per heavy atom. The van der Waals surface area contributed by atoms with Crippen LogP contribution in [0.25, 0.3) is 11.2 Å². The lowest BCUT2D eigenvalue weighted by molar-refractivity contribution is -0.0504. The number of hydrogen-bond donors (Lipinski definition) is 8. The first-order chi connectivity index (χ1) is 25.4. The topological polar surface area (TPSA) is 277 Å². The van der Waals surface area contributed by atoms with Crippen LogP contribution in [-0.2, 0) is 24.2 Å². The number of carbonyl (C=O) groups is 2. The number of benzene rings is 3. The van der Waals surface area contributed by atoms with Crippen molar-refractivity contribution in [2.24, 2.45) is 0 Å². The van der Waals surface area contributed by atoms with E-state index in [2.05, 4.69) is 30.1 Å². The summed E-state index contributed by atoms with van der Waals surface area (Å²) < 4.78 is 34.6. The zero-order valence-corrected chi connectivity index (χ0v) is 28.0. The predicted octanol–water partition coefficient (Wildman–Crippen LogP) is 1.38. The monoisotopic (exact) mass is 748 g/mol. The molecule has 19 nitrogen and oxygen atoms in total. The van der Waals surface area contributed by atoms with E-state index in [1.54, 1.807) is 24.3 Å². The molecule has 3 aliphatic heterocycles. The van der Waals surface area contributed by atoms with Gasteiger partial charge >= 0.3 is 13.8 Å². The first kappa shape index (κ1) is 34.4. The van der Waals surface area contributed by atoms with Gasteiger partial charge in [0.1, 0.15) is 47.6 Å². The molecule has 4 atom stereocenters. The number of esters is 1. The lowest BCUT2D eigenvalue weighted by Crippen LogP contribution is -2.33. The molecule has 3 aliphatic rings. The second kappa shape index (κ2) is 12.8. The van der Waals surface area contributed by atoms with E-state index in [1.807, 2.05) is 0 Å². The van der Waals surface area contributed by atoms with Crippen molar-refractivity contribution in [1.29, 1.82) is 0 Å². The van der Waals surface area contributed by atoms with Crippen molar-refractivity contribution >= 4 is 36.7 Å². The van der Waals surface area contributed by atoms with Crippen molar-refractivity contribution in [3.63, 3.8) is 0 Å². The van der Waals surface area contributed by atoms with Crippen LogP contribution in [0, 0.1) is 0 Å². The Hall–Kier alpha value is -5.66. The summed E-state index contributed by atoms with van der Waals surface area (Å²) in [5, 5.41) is 47.2. The molecule has 0 aliphatic carbocycles. The number of aromatic hydroxyl groups is 2. The minimum absolute atomic E-state index is 0.0398. The molecule has 1 amide bonds. The van der Waals surface area contributed by atoms with Gasteiger partial charge in [-0.3, -0.25) is 13.9 Å². The van der Waals surface area contributed by atoms with Gasteiger partial charge in [0.2, 0.25) is 0 Å². The number of nitrogens with zero attached hydrogens (tertiary/aromatic N) is 4. The number of phenols is 2. The summed E-state index contributed by atoms with van der Waals surface area (Å²) in [4.78, 5) is 57.9. The minimum Gasteiger partial charge on any atom is -0.508 e. The van der Waals surface area contributed by atoms with Crippen LogP contribution >= 0.6 is 7.82 Å². The lowest BCUT2D eigenvalue weighted by Gasteiger charge is -2.36. The highest BCUT2D eigenvalue weighted by Gasteiger charge is 2.54. The number of aliphatic hydroxyl groups is 2. The summed E-state index contributed by atoms with van der Waals surface area (Å²) in [7, 11) is -4.85. The fourth-order valence-corrected chi connectivity index (χ4v) is 7.16. The van der Waals surface area contributed by atoms with Crippen molar-refractivity contribution in [1.82, 2.24) is 24.8 Å². The standard InChI is InChI=1S/C33H29N6O13P/c40-15-4-6-18-21(10-15)50-22-11-16(41)5-7-19(22)33(18)20-3-1-2-17(24(20)32(45)52-33)30(44)35-9-8-34-28-25-29(37-13-36-28)39(14-38-25)31-27(43)26(42)23(51-31)12-49-53(46,47)48/h1-7,10-11,13-14,23,26-27,31,40-43H,8-9,12H2,(H,35,44)(H,34,36,37)(H2,46,47,48)/t23-,26-,27-,31-/m1/s1. The van der Waals surface area contributed by atoms with Crippen LogP contribution in [0.2, 0.25) is 0 Å². The molecule has 53 heavy (non-hydrogen) atoms. The number of phosphoric acid groups is 1. The molecule has 20 heteroatoms. The number of hydrogen-bond acceptors (Lipinski definition) is 15. The Balaban J connectivity index is 0.991. The number of carbonyl (C=O) groups excluding carboxylic acids is 2. The van der Waals surface area contributed by atoms with Crippen molar-refractivity contribution in [2.45, 2.75) is 30.1 Å². The van der Waals surface area contributed by atoms with Crippen LogP contribution < -0.4 is 15.4 Å². The molecule has 5 aromatic rings. The highest BCUT2D eigenvalue weighted by atomic mass is 31.2. The molecule has 8 N–H and O–H groups in total.